The molecule has 102 valence electrons. The molecule has 1 rings (SSSR count). The third-order valence-electron chi connectivity index (χ3n) is 2.38. The maximum Gasteiger partial charge on any atom is 0.236 e. The molecule has 0 aliphatic carbocycles. The summed E-state index contributed by atoms with van der Waals surface area (Å²) in [5, 5.41) is 0. The van der Waals surface area contributed by atoms with Gasteiger partial charge in [-0.3, -0.25) is 4.79 Å². The summed E-state index contributed by atoms with van der Waals surface area (Å²) in [6.45, 7) is 0. The van der Waals surface area contributed by atoms with E-state index < -0.39 is 0 Å². The molecule has 20 heavy (non-hydrogen) atoms. The van der Waals surface area contributed by atoms with Crippen LogP contribution in [0.4, 0.5) is 0 Å². The average Bonchev–Trinajstić information content (AvgIpc) is 2.49. The second-order valence-corrected chi connectivity index (χ2v) is 3.51. The molecule has 0 amide bonds. The fraction of sp³-hybridized carbons (Fsp3) is 0.188. The summed E-state index contributed by atoms with van der Waals surface area (Å²) in [7, 11) is 4.45. The maximum atomic E-state index is 11.9. The van der Waals surface area contributed by atoms with Gasteiger partial charge in [-0.05, 0) is 30.2 Å². The van der Waals surface area contributed by atoms with Crippen molar-refractivity contribution in [3.63, 3.8) is 0 Å². The predicted octanol–water partition coefficient (Wildman–Crippen LogP) is 2.09. The minimum Gasteiger partial charge on any atom is -0.493 e. The minimum absolute atomic E-state index is 0.348. The Morgan fingerprint density at radius 1 is 1.10 bits per heavy atom. The molecule has 0 unspecified atom stereocenters. The van der Waals surface area contributed by atoms with E-state index in [1.807, 2.05) is 0 Å². The van der Waals surface area contributed by atoms with Crippen LogP contribution >= 0.6 is 0 Å². The number of rotatable bonds is 4. The maximum absolute atomic E-state index is 11.9. The van der Waals surface area contributed by atoms with Crippen LogP contribution in [0.5, 0.6) is 17.2 Å². The summed E-state index contributed by atoms with van der Waals surface area (Å²) in [5.41, 5.74) is 0.348. The largest absolute Gasteiger partial charge is 0.493 e. The number of Topliss-reactive ketones (excluding diaryl/α,β-unsaturated/α-hetero) is 1. The number of allylic oxidation sites excluding steroid dienone is 2. The zero-order chi connectivity index (χ0) is 15.0. The van der Waals surface area contributed by atoms with Gasteiger partial charge in [-0.15, -0.1) is 6.42 Å². The van der Waals surface area contributed by atoms with Gasteiger partial charge < -0.3 is 14.2 Å². The number of methoxy groups -OCH3 is 3. The van der Waals surface area contributed by atoms with Crippen LogP contribution < -0.4 is 14.2 Å². The molecule has 0 fully saturated rings. The highest BCUT2D eigenvalue weighted by Crippen LogP contribution is 2.38. The standard InChI is InChI=1S/C16H14O4/c1-5-6-7-8-9-13(17)12-10-14(18-2)16(20-4)15(11-12)19-3/h1,6-7,10-11H,2-4H3/b7-6+. The Hall–Kier alpha value is -2.85. The number of ether oxygens (including phenoxy) is 3. The van der Waals surface area contributed by atoms with Crippen LogP contribution in [-0.2, 0) is 0 Å². The molecule has 0 saturated carbocycles. The number of carbonyl (C=O) groups is 1. The Bertz CT molecular complexity index is 599. The Morgan fingerprint density at radius 3 is 2.15 bits per heavy atom. The van der Waals surface area contributed by atoms with Crippen LogP contribution in [0.15, 0.2) is 24.3 Å². The van der Waals surface area contributed by atoms with Crippen molar-refractivity contribution in [1.82, 2.24) is 0 Å². The molecule has 0 aromatic heterocycles. The Labute approximate surface area is 118 Å². The van der Waals surface area contributed by atoms with Crippen LogP contribution in [0.1, 0.15) is 10.4 Å². The molecule has 0 aliphatic heterocycles. The Kier molecular flexibility index (Phi) is 5.75. The quantitative estimate of drug-likeness (QED) is 0.477. The number of benzene rings is 1. The summed E-state index contributed by atoms with van der Waals surface area (Å²) in [4.78, 5) is 11.9. The van der Waals surface area contributed by atoms with E-state index in [0.717, 1.165) is 0 Å². The van der Waals surface area contributed by atoms with Crippen molar-refractivity contribution >= 4 is 5.78 Å². The van der Waals surface area contributed by atoms with Crippen molar-refractivity contribution in [2.24, 2.45) is 0 Å². The normalized spacial score (nSPS) is 9.30. The van der Waals surface area contributed by atoms with Gasteiger partial charge in [-0.25, -0.2) is 0 Å². The van der Waals surface area contributed by atoms with Gasteiger partial charge in [0.25, 0.3) is 0 Å². The lowest BCUT2D eigenvalue weighted by molar-refractivity contribution is 0.105. The first-order valence-electron chi connectivity index (χ1n) is 5.65. The van der Waals surface area contributed by atoms with Crippen molar-refractivity contribution in [3.05, 3.63) is 29.8 Å². The lowest BCUT2D eigenvalue weighted by Crippen LogP contribution is -2.00. The number of hydrogen-bond donors (Lipinski definition) is 0. The van der Waals surface area contributed by atoms with Crippen LogP contribution in [0.3, 0.4) is 0 Å². The second-order valence-electron chi connectivity index (χ2n) is 3.51. The molecule has 0 aliphatic rings. The third-order valence-corrected chi connectivity index (χ3v) is 2.38. The first-order valence-corrected chi connectivity index (χ1v) is 5.65. The summed E-state index contributed by atoms with van der Waals surface area (Å²) in [6, 6.07) is 3.09. The first-order chi connectivity index (χ1) is 9.67. The molecule has 0 heterocycles. The Morgan fingerprint density at radius 2 is 1.70 bits per heavy atom. The van der Waals surface area contributed by atoms with Crippen molar-refractivity contribution in [3.8, 4) is 41.4 Å². The summed E-state index contributed by atoms with van der Waals surface area (Å²) < 4.78 is 15.5. The number of ketones is 1. The van der Waals surface area contributed by atoms with Gasteiger partial charge in [0.1, 0.15) is 0 Å². The third kappa shape index (κ3) is 3.57. The summed E-state index contributed by atoms with van der Waals surface area (Å²) in [6.07, 6.45) is 7.87. The Balaban J connectivity index is 3.19. The number of carbonyl (C=O) groups excluding carboxylic acids is 1. The van der Waals surface area contributed by atoms with Gasteiger partial charge in [0.05, 0.1) is 21.3 Å². The molecule has 0 spiro atoms. The van der Waals surface area contributed by atoms with Crippen LogP contribution in [0, 0.1) is 24.2 Å². The van der Waals surface area contributed by atoms with Crippen LogP contribution in [0.25, 0.3) is 0 Å². The fourth-order valence-electron chi connectivity index (χ4n) is 1.48. The topological polar surface area (TPSA) is 44.8 Å². The van der Waals surface area contributed by atoms with Gasteiger partial charge in [-0.2, -0.15) is 0 Å². The lowest BCUT2D eigenvalue weighted by Gasteiger charge is -2.12. The molecule has 0 bridgehead atoms. The lowest BCUT2D eigenvalue weighted by atomic mass is 10.1. The van der Waals surface area contributed by atoms with Gasteiger partial charge in [0.2, 0.25) is 11.5 Å². The molecule has 1 aromatic carbocycles. The molecule has 1 aromatic rings. The molecule has 0 N–H and O–H groups in total. The van der Waals surface area contributed by atoms with Crippen molar-refractivity contribution in [2.45, 2.75) is 0 Å². The molecular weight excluding hydrogens is 256 g/mol. The average molecular weight is 270 g/mol. The van der Waals surface area contributed by atoms with E-state index in [4.69, 9.17) is 20.6 Å². The SMILES string of the molecule is C#C/C=C/C#CC(=O)c1cc(OC)c(OC)c(OC)c1. The van der Waals surface area contributed by atoms with E-state index in [2.05, 4.69) is 17.8 Å². The molecule has 4 nitrogen and oxygen atoms in total. The molecule has 0 saturated heterocycles. The van der Waals surface area contributed by atoms with Gasteiger partial charge in [0.15, 0.2) is 11.5 Å². The molecule has 4 heteroatoms. The second kappa shape index (κ2) is 7.56. The zero-order valence-electron chi connectivity index (χ0n) is 11.5. The molecular formula is C16H14O4. The zero-order valence-corrected chi connectivity index (χ0v) is 11.5. The fourth-order valence-corrected chi connectivity index (χ4v) is 1.48. The highest BCUT2D eigenvalue weighted by molar-refractivity contribution is 6.09. The van der Waals surface area contributed by atoms with E-state index in [9.17, 15) is 4.79 Å². The van der Waals surface area contributed by atoms with Crippen LogP contribution in [-0.4, -0.2) is 27.1 Å². The van der Waals surface area contributed by atoms with E-state index in [-0.39, 0.29) is 5.78 Å². The molecule has 0 radical (unpaired) electrons. The summed E-state index contributed by atoms with van der Waals surface area (Å²) in [5.74, 6) is 8.14. The van der Waals surface area contributed by atoms with Crippen molar-refractivity contribution < 1.29 is 19.0 Å². The van der Waals surface area contributed by atoms with Crippen molar-refractivity contribution in [2.75, 3.05) is 21.3 Å². The van der Waals surface area contributed by atoms with Crippen LogP contribution in [0.2, 0.25) is 0 Å². The van der Waals surface area contributed by atoms with Gasteiger partial charge >= 0.3 is 0 Å². The minimum atomic E-state index is -0.370. The van der Waals surface area contributed by atoms with E-state index in [0.29, 0.717) is 22.8 Å². The van der Waals surface area contributed by atoms with Gasteiger partial charge in [0, 0.05) is 5.56 Å². The smallest absolute Gasteiger partial charge is 0.236 e. The van der Waals surface area contributed by atoms with E-state index in [1.165, 1.54) is 33.5 Å². The number of terminal acetylenes is 1. The highest BCUT2D eigenvalue weighted by Gasteiger charge is 2.15. The monoisotopic (exact) mass is 270 g/mol. The van der Waals surface area contributed by atoms with E-state index in [1.54, 1.807) is 12.1 Å². The van der Waals surface area contributed by atoms with E-state index >= 15 is 0 Å². The van der Waals surface area contributed by atoms with Crippen molar-refractivity contribution in [1.29, 1.82) is 0 Å². The first kappa shape index (κ1) is 15.2. The summed E-state index contributed by atoms with van der Waals surface area (Å²) >= 11 is 0. The number of hydrogen-bond acceptors (Lipinski definition) is 4. The molecule has 0 atom stereocenters. The predicted molar refractivity (Wildman–Crippen MR) is 76.2 cm³/mol. The van der Waals surface area contributed by atoms with Gasteiger partial charge in [-0.1, -0.05) is 11.8 Å². The highest BCUT2D eigenvalue weighted by atomic mass is 16.5.